The van der Waals surface area contributed by atoms with Gasteiger partial charge in [-0.3, -0.25) is 4.90 Å². The van der Waals surface area contributed by atoms with Crippen LogP contribution in [-0.2, 0) is 0 Å². The van der Waals surface area contributed by atoms with Gasteiger partial charge in [-0.25, -0.2) is 0 Å². The Bertz CT molecular complexity index is 185. The highest BCUT2D eigenvalue weighted by molar-refractivity contribution is 4.88. The Hall–Kier alpha value is -0.0800. The van der Waals surface area contributed by atoms with E-state index in [9.17, 15) is 0 Å². The van der Waals surface area contributed by atoms with Gasteiger partial charge < -0.3 is 5.32 Å². The fraction of sp³-hybridized carbons (Fsp3) is 1.00. The van der Waals surface area contributed by atoms with Crippen molar-refractivity contribution in [2.75, 3.05) is 26.2 Å². The summed E-state index contributed by atoms with van der Waals surface area (Å²) in [7, 11) is 0. The minimum atomic E-state index is 0.377. The minimum absolute atomic E-state index is 0.377. The monoisotopic (exact) mass is 196 g/mol. The van der Waals surface area contributed by atoms with E-state index in [4.69, 9.17) is 0 Å². The van der Waals surface area contributed by atoms with Crippen molar-refractivity contribution in [3.63, 3.8) is 0 Å². The molecule has 0 aromatic rings. The van der Waals surface area contributed by atoms with E-state index in [0.29, 0.717) is 5.54 Å². The first kappa shape index (κ1) is 10.4. The Morgan fingerprint density at radius 1 is 1.36 bits per heavy atom. The molecule has 2 aliphatic rings. The summed E-state index contributed by atoms with van der Waals surface area (Å²) in [4.78, 5) is 2.67. The highest BCUT2D eigenvalue weighted by Gasteiger charge is 2.30. The van der Waals surface area contributed by atoms with Crippen LogP contribution < -0.4 is 5.32 Å². The number of rotatable bonds is 3. The van der Waals surface area contributed by atoms with E-state index < -0.39 is 0 Å². The summed E-state index contributed by atoms with van der Waals surface area (Å²) in [6.45, 7) is 9.60. The van der Waals surface area contributed by atoms with Crippen molar-refractivity contribution in [2.24, 2.45) is 5.92 Å². The molecule has 0 aromatic heterocycles. The Morgan fingerprint density at radius 3 is 2.71 bits per heavy atom. The van der Waals surface area contributed by atoms with E-state index in [0.717, 1.165) is 12.5 Å². The SMILES string of the molecule is CC1(C)CNCCN1CCC1CCC1. The molecule has 1 aliphatic carbocycles. The van der Waals surface area contributed by atoms with Gasteiger partial charge in [-0.05, 0) is 32.7 Å². The average molecular weight is 196 g/mol. The first-order valence-electron chi connectivity index (χ1n) is 6.14. The maximum Gasteiger partial charge on any atom is 0.0278 e. The molecule has 14 heavy (non-hydrogen) atoms. The third-order valence-corrected chi connectivity index (χ3v) is 4.00. The summed E-state index contributed by atoms with van der Waals surface area (Å²) < 4.78 is 0. The fourth-order valence-electron chi connectivity index (χ4n) is 2.56. The molecule has 1 saturated heterocycles. The van der Waals surface area contributed by atoms with Gasteiger partial charge in [0.1, 0.15) is 0 Å². The van der Waals surface area contributed by atoms with Gasteiger partial charge in [0, 0.05) is 25.2 Å². The summed E-state index contributed by atoms with van der Waals surface area (Å²) >= 11 is 0. The van der Waals surface area contributed by atoms with Crippen molar-refractivity contribution < 1.29 is 0 Å². The maximum absolute atomic E-state index is 3.48. The van der Waals surface area contributed by atoms with Crippen LogP contribution in [0.5, 0.6) is 0 Å². The van der Waals surface area contributed by atoms with E-state index in [1.54, 1.807) is 0 Å². The Morgan fingerprint density at radius 2 is 2.14 bits per heavy atom. The zero-order valence-corrected chi connectivity index (χ0v) is 9.68. The second-order valence-electron chi connectivity index (χ2n) is 5.56. The van der Waals surface area contributed by atoms with Crippen LogP contribution in [0.25, 0.3) is 0 Å². The molecule has 0 unspecified atom stereocenters. The van der Waals surface area contributed by atoms with Crippen molar-refractivity contribution in [3.8, 4) is 0 Å². The Labute approximate surface area is 88.1 Å². The van der Waals surface area contributed by atoms with Crippen molar-refractivity contribution in [2.45, 2.75) is 45.1 Å². The van der Waals surface area contributed by atoms with Crippen LogP contribution in [-0.4, -0.2) is 36.6 Å². The second-order valence-corrected chi connectivity index (χ2v) is 5.56. The Kier molecular flexibility index (Phi) is 3.13. The quantitative estimate of drug-likeness (QED) is 0.741. The zero-order chi connectivity index (χ0) is 10.0. The summed E-state index contributed by atoms with van der Waals surface area (Å²) in [6, 6.07) is 0. The first-order valence-corrected chi connectivity index (χ1v) is 6.14. The Balaban J connectivity index is 1.76. The van der Waals surface area contributed by atoms with Crippen LogP contribution >= 0.6 is 0 Å². The highest BCUT2D eigenvalue weighted by atomic mass is 15.2. The van der Waals surface area contributed by atoms with Gasteiger partial charge in [-0.15, -0.1) is 0 Å². The molecule has 2 nitrogen and oxygen atoms in total. The van der Waals surface area contributed by atoms with Gasteiger partial charge in [0.2, 0.25) is 0 Å². The molecule has 1 aliphatic heterocycles. The van der Waals surface area contributed by atoms with Gasteiger partial charge in [-0.2, -0.15) is 0 Å². The summed E-state index contributed by atoms with van der Waals surface area (Å²) in [6.07, 6.45) is 5.90. The van der Waals surface area contributed by atoms with Crippen molar-refractivity contribution >= 4 is 0 Å². The lowest BCUT2D eigenvalue weighted by molar-refractivity contribution is 0.0778. The number of hydrogen-bond donors (Lipinski definition) is 1. The molecule has 82 valence electrons. The van der Waals surface area contributed by atoms with Crippen LogP contribution in [0.1, 0.15) is 39.5 Å². The van der Waals surface area contributed by atoms with Gasteiger partial charge in [0.05, 0.1) is 0 Å². The van der Waals surface area contributed by atoms with Gasteiger partial charge in [0.15, 0.2) is 0 Å². The van der Waals surface area contributed by atoms with Crippen LogP contribution in [0.2, 0.25) is 0 Å². The standard InChI is InChI=1S/C12H24N2/c1-12(2)10-13-7-9-14(12)8-6-11-4-3-5-11/h11,13H,3-10H2,1-2H3. The van der Waals surface area contributed by atoms with E-state index in [1.165, 1.54) is 45.3 Å². The lowest BCUT2D eigenvalue weighted by Gasteiger charge is -2.44. The van der Waals surface area contributed by atoms with E-state index in [-0.39, 0.29) is 0 Å². The summed E-state index contributed by atoms with van der Waals surface area (Å²) in [5.74, 6) is 1.06. The molecule has 2 heteroatoms. The normalized spacial score (nSPS) is 28.7. The number of hydrogen-bond acceptors (Lipinski definition) is 2. The van der Waals surface area contributed by atoms with Crippen molar-refractivity contribution in [3.05, 3.63) is 0 Å². The molecule has 0 atom stereocenters. The van der Waals surface area contributed by atoms with Crippen molar-refractivity contribution in [1.82, 2.24) is 10.2 Å². The van der Waals surface area contributed by atoms with E-state index in [2.05, 4.69) is 24.1 Å². The lowest BCUT2D eigenvalue weighted by atomic mass is 9.82. The molecule has 1 heterocycles. The number of nitrogens with zero attached hydrogens (tertiary/aromatic N) is 1. The number of nitrogens with one attached hydrogen (secondary N) is 1. The molecule has 0 aromatic carbocycles. The largest absolute Gasteiger partial charge is 0.314 e. The van der Waals surface area contributed by atoms with Gasteiger partial charge >= 0.3 is 0 Å². The van der Waals surface area contributed by atoms with Crippen molar-refractivity contribution in [1.29, 1.82) is 0 Å². The average Bonchev–Trinajstić information content (AvgIpc) is 2.04. The highest BCUT2D eigenvalue weighted by Crippen LogP contribution is 2.30. The third kappa shape index (κ3) is 2.29. The molecule has 0 amide bonds. The second kappa shape index (κ2) is 4.19. The molecule has 0 spiro atoms. The molecule has 0 radical (unpaired) electrons. The molecular weight excluding hydrogens is 172 g/mol. The molecular formula is C12H24N2. The molecule has 2 rings (SSSR count). The third-order valence-electron chi connectivity index (χ3n) is 4.00. The molecule has 2 fully saturated rings. The summed E-state index contributed by atoms with van der Waals surface area (Å²) in [5, 5.41) is 3.48. The topological polar surface area (TPSA) is 15.3 Å². The predicted molar refractivity (Wildman–Crippen MR) is 60.5 cm³/mol. The fourth-order valence-corrected chi connectivity index (χ4v) is 2.56. The smallest absolute Gasteiger partial charge is 0.0278 e. The molecule has 0 bridgehead atoms. The van der Waals surface area contributed by atoms with E-state index >= 15 is 0 Å². The van der Waals surface area contributed by atoms with Gasteiger partial charge in [-0.1, -0.05) is 19.3 Å². The first-order chi connectivity index (χ1) is 6.68. The van der Waals surface area contributed by atoms with Crippen LogP contribution in [0.3, 0.4) is 0 Å². The van der Waals surface area contributed by atoms with Gasteiger partial charge in [0.25, 0.3) is 0 Å². The zero-order valence-electron chi connectivity index (χ0n) is 9.68. The number of piperazine rings is 1. The van der Waals surface area contributed by atoms with Crippen LogP contribution in [0.15, 0.2) is 0 Å². The maximum atomic E-state index is 3.48. The lowest BCUT2D eigenvalue weighted by Crippen LogP contribution is -2.58. The predicted octanol–water partition coefficient (Wildman–Crippen LogP) is 1.86. The summed E-state index contributed by atoms with van der Waals surface area (Å²) in [5.41, 5.74) is 0.377. The molecule has 1 N–H and O–H groups in total. The van der Waals surface area contributed by atoms with Crippen LogP contribution in [0, 0.1) is 5.92 Å². The van der Waals surface area contributed by atoms with Crippen LogP contribution in [0.4, 0.5) is 0 Å². The van der Waals surface area contributed by atoms with E-state index in [1.807, 2.05) is 0 Å². The molecule has 1 saturated carbocycles. The minimum Gasteiger partial charge on any atom is -0.314 e.